The molecule has 0 saturated heterocycles. The summed E-state index contributed by atoms with van der Waals surface area (Å²) in [5, 5.41) is 0. The zero-order valence-corrected chi connectivity index (χ0v) is 7.24. The van der Waals surface area contributed by atoms with E-state index in [1.165, 1.54) is 6.20 Å². The van der Waals surface area contributed by atoms with Crippen LogP contribution in [0.25, 0.3) is 0 Å². The number of hydrogen-bond donors (Lipinski definition) is 0. The Morgan fingerprint density at radius 1 is 1.50 bits per heavy atom. The molecule has 3 nitrogen and oxygen atoms in total. The van der Waals surface area contributed by atoms with Gasteiger partial charge in [0, 0.05) is 6.20 Å². The van der Waals surface area contributed by atoms with Crippen molar-refractivity contribution in [2.75, 3.05) is 0 Å². The fraction of sp³-hybridized carbons (Fsp3) is 0.375. The Balaban J connectivity index is 2.75. The molecule has 0 aliphatic rings. The van der Waals surface area contributed by atoms with Gasteiger partial charge in [0.1, 0.15) is 13.0 Å². The third-order valence-electron chi connectivity index (χ3n) is 1.46. The van der Waals surface area contributed by atoms with E-state index in [9.17, 15) is 4.79 Å². The zero-order chi connectivity index (χ0) is 8.97. The lowest BCUT2D eigenvalue weighted by molar-refractivity contribution is 0.101. The summed E-state index contributed by atoms with van der Waals surface area (Å²) in [4.78, 5) is 19.2. The van der Waals surface area contributed by atoms with Gasteiger partial charge in [-0.05, 0) is 13.2 Å². The molecule has 4 heteroatoms. The van der Waals surface area contributed by atoms with Gasteiger partial charge in [0.25, 0.3) is 0 Å². The number of carbonyl (C=O) groups excluding carboxylic acids is 1. The highest BCUT2D eigenvalue weighted by molar-refractivity contribution is 6.41. The molecular formula is C8H10BN2O. The van der Waals surface area contributed by atoms with Gasteiger partial charge in [-0.2, -0.15) is 0 Å². The normalized spacial score (nSPS) is 9.50. The number of ketones is 1. The van der Waals surface area contributed by atoms with Crippen molar-refractivity contribution in [3.63, 3.8) is 0 Å². The lowest BCUT2D eigenvalue weighted by atomic mass is 9.76. The van der Waals surface area contributed by atoms with Crippen molar-refractivity contribution in [3.8, 4) is 0 Å². The molecular weight excluding hydrogens is 151 g/mol. The van der Waals surface area contributed by atoms with Crippen molar-refractivity contribution in [1.29, 1.82) is 0 Å². The van der Waals surface area contributed by atoms with E-state index in [4.69, 9.17) is 0 Å². The predicted molar refractivity (Wildman–Crippen MR) is 47.5 cm³/mol. The average Bonchev–Trinajstić information content (AvgIpc) is 2.06. The van der Waals surface area contributed by atoms with E-state index in [1.54, 1.807) is 6.20 Å². The third kappa shape index (κ3) is 2.15. The molecule has 0 atom stereocenters. The number of rotatable bonds is 3. The molecule has 0 unspecified atom stereocenters. The topological polar surface area (TPSA) is 42.9 Å². The van der Waals surface area contributed by atoms with Crippen LogP contribution >= 0.6 is 0 Å². The van der Waals surface area contributed by atoms with E-state index in [0.29, 0.717) is 12.0 Å². The van der Waals surface area contributed by atoms with Gasteiger partial charge in [-0.25, -0.2) is 4.98 Å². The molecule has 0 fully saturated rings. The fourth-order valence-electron chi connectivity index (χ4n) is 0.827. The quantitative estimate of drug-likeness (QED) is 0.493. The second-order valence-corrected chi connectivity index (χ2v) is 2.58. The summed E-state index contributed by atoms with van der Waals surface area (Å²) in [6.45, 7) is 3.69. The Hall–Kier alpha value is -1.19. The van der Waals surface area contributed by atoms with Crippen molar-refractivity contribution in [1.82, 2.24) is 9.97 Å². The molecule has 1 aromatic heterocycles. The molecule has 1 heterocycles. The number of nitrogens with zero attached hydrogens (tertiary/aromatic N) is 2. The summed E-state index contributed by atoms with van der Waals surface area (Å²) in [6.07, 6.45) is 3.54. The summed E-state index contributed by atoms with van der Waals surface area (Å²) < 4.78 is 0. The van der Waals surface area contributed by atoms with Crippen molar-refractivity contribution >= 4 is 13.1 Å². The van der Waals surface area contributed by atoms with Crippen LogP contribution in [0, 0.1) is 6.92 Å². The fourth-order valence-corrected chi connectivity index (χ4v) is 0.827. The first-order valence-electron chi connectivity index (χ1n) is 3.83. The maximum Gasteiger partial charge on any atom is 0.174 e. The van der Waals surface area contributed by atoms with Gasteiger partial charge in [-0.3, -0.25) is 9.78 Å². The first-order valence-corrected chi connectivity index (χ1v) is 3.83. The lowest BCUT2D eigenvalue weighted by Gasteiger charge is -1.96. The summed E-state index contributed by atoms with van der Waals surface area (Å²) in [7, 11) is 1.81. The number of aromatic nitrogens is 2. The molecule has 0 bridgehead atoms. The first kappa shape index (κ1) is 8.91. The van der Waals surface area contributed by atoms with Crippen LogP contribution < -0.4 is 0 Å². The molecule has 1 rings (SSSR count). The lowest BCUT2D eigenvalue weighted by Crippen LogP contribution is -2.04. The van der Waals surface area contributed by atoms with E-state index < -0.39 is 0 Å². The standard InChI is InChI=1S/C8H10BN2O/c1-6-4-11-7(5-10-6)8(12)3-9-2/h4-5H,3H2,1-2H3. The van der Waals surface area contributed by atoms with Crippen molar-refractivity contribution in [3.05, 3.63) is 23.8 Å². The van der Waals surface area contributed by atoms with Gasteiger partial charge >= 0.3 is 0 Å². The zero-order valence-electron chi connectivity index (χ0n) is 7.24. The second-order valence-electron chi connectivity index (χ2n) is 2.58. The Morgan fingerprint density at radius 3 is 2.75 bits per heavy atom. The first-order chi connectivity index (χ1) is 5.74. The Kier molecular flexibility index (Phi) is 2.97. The molecule has 1 aromatic rings. The highest BCUT2D eigenvalue weighted by Gasteiger charge is 2.05. The average molecular weight is 161 g/mol. The van der Waals surface area contributed by atoms with Gasteiger partial charge < -0.3 is 0 Å². The predicted octanol–water partition coefficient (Wildman–Crippen LogP) is 1.14. The SMILES string of the molecule is C[B]CC(=O)c1cnc(C)cn1. The van der Waals surface area contributed by atoms with Gasteiger partial charge in [-0.1, -0.05) is 6.82 Å². The molecule has 0 spiro atoms. The van der Waals surface area contributed by atoms with Crippen LogP contribution in [0.4, 0.5) is 0 Å². The van der Waals surface area contributed by atoms with Gasteiger partial charge in [0.2, 0.25) is 0 Å². The molecule has 0 aliphatic carbocycles. The Labute approximate surface area is 72.5 Å². The van der Waals surface area contributed by atoms with Gasteiger partial charge in [0.15, 0.2) is 5.78 Å². The minimum atomic E-state index is 0.0185. The van der Waals surface area contributed by atoms with Gasteiger partial charge in [0.05, 0.1) is 11.9 Å². The molecule has 0 amide bonds. The highest BCUT2D eigenvalue weighted by Crippen LogP contribution is 1.98. The van der Waals surface area contributed by atoms with Crippen molar-refractivity contribution in [2.24, 2.45) is 0 Å². The second kappa shape index (κ2) is 4.00. The molecule has 0 N–H and O–H groups in total. The highest BCUT2D eigenvalue weighted by atomic mass is 16.1. The van der Waals surface area contributed by atoms with E-state index in [2.05, 4.69) is 9.97 Å². The summed E-state index contributed by atoms with van der Waals surface area (Å²) >= 11 is 0. The Morgan fingerprint density at radius 2 is 2.25 bits per heavy atom. The number of carbonyl (C=O) groups is 1. The van der Waals surface area contributed by atoms with Crippen LogP contribution in [-0.4, -0.2) is 23.0 Å². The summed E-state index contributed by atoms with van der Waals surface area (Å²) in [5.41, 5.74) is 1.27. The van der Waals surface area contributed by atoms with Crippen LogP contribution in [0.5, 0.6) is 0 Å². The third-order valence-corrected chi connectivity index (χ3v) is 1.46. The molecule has 0 aliphatic heterocycles. The smallest absolute Gasteiger partial charge is 0.174 e. The van der Waals surface area contributed by atoms with Crippen LogP contribution in [0.15, 0.2) is 12.4 Å². The van der Waals surface area contributed by atoms with Gasteiger partial charge in [-0.15, -0.1) is 0 Å². The number of hydrogen-bond acceptors (Lipinski definition) is 3. The van der Waals surface area contributed by atoms with E-state index in [0.717, 1.165) is 5.69 Å². The Bertz CT molecular complexity index is 271. The number of Topliss-reactive ketones (excluding diaryl/α,β-unsaturated/α-hetero) is 1. The molecule has 0 aromatic carbocycles. The molecule has 12 heavy (non-hydrogen) atoms. The maximum absolute atomic E-state index is 11.2. The van der Waals surface area contributed by atoms with E-state index in [1.807, 2.05) is 21.0 Å². The molecule has 0 saturated carbocycles. The van der Waals surface area contributed by atoms with Crippen molar-refractivity contribution in [2.45, 2.75) is 20.1 Å². The monoisotopic (exact) mass is 161 g/mol. The maximum atomic E-state index is 11.2. The minimum absolute atomic E-state index is 0.0185. The van der Waals surface area contributed by atoms with E-state index in [-0.39, 0.29) is 5.78 Å². The van der Waals surface area contributed by atoms with Crippen LogP contribution in [0.3, 0.4) is 0 Å². The molecule has 1 radical (unpaired) electrons. The minimum Gasteiger partial charge on any atom is -0.293 e. The van der Waals surface area contributed by atoms with E-state index >= 15 is 0 Å². The summed E-state index contributed by atoms with van der Waals surface area (Å²) in [6, 6.07) is 0. The van der Waals surface area contributed by atoms with Crippen molar-refractivity contribution < 1.29 is 4.79 Å². The molecule has 61 valence electrons. The van der Waals surface area contributed by atoms with Crippen LogP contribution in [0.2, 0.25) is 13.1 Å². The van der Waals surface area contributed by atoms with Crippen LogP contribution in [-0.2, 0) is 0 Å². The largest absolute Gasteiger partial charge is 0.293 e. The van der Waals surface area contributed by atoms with Crippen LogP contribution in [0.1, 0.15) is 16.2 Å². The summed E-state index contributed by atoms with van der Waals surface area (Å²) in [5.74, 6) is 0.0185. The number of aryl methyl sites for hydroxylation is 1.